The number of fused-ring (bicyclic) bond motifs is 1. The quantitative estimate of drug-likeness (QED) is 0.604. The van der Waals surface area contributed by atoms with Gasteiger partial charge in [0, 0.05) is 26.1 Å². The first kappa shape index (κ1) is 21.9. The Kier molecular flexibility index (Phi) is 6.77. The van der Waals surface area contributed by atoms with Gasteiger partial charge in [0.05, 0.1) is 5.39 Å². The third-order valence-corrected chi connectivity index (χ3v) is 7.80. The van der Waals surface area contributed by atoms with Gasteiger partial charge in [-0.2, -0.15) is 5.10 Å². The fourth-order valence-corrected chi connectivity index (χ4v) is 5.62. The van der Waals surface area contributed by atoms with E-state index in [0.29, 0.717) is 24.1 Å². The van der Waals surface area contributed by atoms with Crippen LogP contribution in [0.1, 0.15) is 87.5 Å². The van der Waals surface area contributed by atoms with E-state index < -0.39 is 0 Å². The van der Waals surface area contributed by atoms with Crippen molar-refractivity contribution < 1.29 is 4.79 Å². The number of ketones is 1. The van der Waals surface area contributed by atoms with Crippen molar-refractivity contribution in [2.45, 2.75) is 83.1 Å². The lowest BCUT2D eigenvalue weighted by Crippen LogP contribution is -2.35. The maximum Gasteiger partial charge on any atom is 0.184 e. The number of pyridine rings is 1. The number of hydrogen-bond donors (Lipinski definition) is 1. The number of carbonyl (C=O) groups excluding carboxylic acids is 1. The summed E-state index contributed by atoms with van der Waals surface area (Å²) in [5.74, 6) is 2.53. The van der Waals surface area contributed by atoms with E-state index in [4.69, 9.17) is 4.98 Å². The molecular formula is C26H39N5O. The number of piperidine rings is 1. The molecule has 3 fully saturated rings. The summed E-state index contributed by atoms with van der Waals surface area (Å²) in [6, 6.07) is 4.59. The fourth-order valence-electron chi connectivity index (χ4n) is 5.62. The third kappa shape index (κ3) is 5.33. The molecule has 0 atom stereocenters. The van der Waals surface area contributed by atoms with Crippen LogP contribution in [0.3, 0.4) is 0 Å². The van der Waals surface area contributed by atoms with Crippen LogP contribution in [-0.4, -0.2) is 51.1 Å². The molecule has 32 heavy (non-hydrogen) atoms. The van der Waals surface area contributed by atoms with Crippen molar-refractivity contribution in [3.8, 4) is 0 Å². The number of aryl methyl sites for hydroxylation is 1. The topological polar surface area (TPSA) is 63.1 Å². The van der Waals surface area contributed by atoms with Gasteiger partial charge < -0.3 is 10.2 Å². The van der Waals surface area contributed by atoms with Gasteiger partial charge in [-0.25, -0.2) is 9.67 Å². The summed E-state index contributed by atoms with van der Waals surface area (Å²) >= 11 is 0. The van der Waals surface area contributed by atoms with Crippen LogP contribution in [0.2, 0.25) is 0 Å². The second kappa shape index (κ2) is 9.90. The monoisotopic (exact) mass is 437 g/mol. The summed E-state index contributed by atoms with van der Waals surface area (Å²) in [6.07, 6.45) is 14.8. The highest BCUT2D eigenvalue weighted by Crippen LogP contribution is 2.32. The summed E-state index contributed by atoms with van der Waals surface area (Å²) in [5.41, 5.74) is 1.41. The summed E-state index contributed by atoms with van der Waals surface area (Å²) < 4.78 is 1.78. The third-order valence-electron chi connectivity index (χ3n) is 7.80. The molecule has 0 amide bonds. The Balaban J connectivity index is 1.22. The molecule has 0 bridgehead atoms. The van der Waals surface area contributed by atoms with Crippen LogP contribution in [0, 0.1) is 11.8 Å². The van der Waals surface area contributed by atoms with E-state index in [1.165, 1.54) is 64.3 Å². The van der Waals surface area contributed by atoms with Gasteiger partial charge in [-0.05, 0) is 75.6 Å². The van der Waals surface area contributed by atoms with Crippen LogP contribution < -0.4 is 5.32 Å². The predicted molar refractivity (Wildman–Crippen MR) is 129 cm³/mol. The van der Waals surface area contributed by atoms with Gasteiger partial charge in [-0.15, -0.1) is 0 Å². The van der Waals surface area contributed by atoms with Gasteiger partial charge in [-0.1, -0.05) is 32.1 Å². The molecule has 2 saturated carbocycles. The minimum Gasteiger partial charge on any atom is -0.367 e. The van der Waals surface area contributed by atoms with Crippen molar-refractivity contribution in [1.29, 1.82) is 0 Å². The number of rotatable bonds is 7. The van der Waals surface area contributed by atoms with Crippen molar-refractivity contribution in [3.05, 3.63) is 17.8 Å². The Hall–Kier alpha value is -1.95. The number of nitrogens with zero attached hydrogens (tertiary/aromatic N) is 4. The molecule has 1 aliphatic heterocycles. The van der Waals surface area contributed by atoms with Crippen LogP contribution in [0.4, 0.5) is 5.82 Å². The zero-order valence-corrected chi connectivity index (χ0v) is 19.7. The van der Waals surface area contributed by atoms with Gasteiger partial charge in [0.1, 0.15) is 11.5 Å². The minimum absolute atomic E-state index is 0.179. The van der Waals surface area contributed by atoms with Crippen LogP contribution in [-0.2, 0) is 7.05 Å². The average Bonchev–Trinajstić information content (AvgIpc) is 3.53. The number of carbonyl (C=O) groups is 1. The lowest BCUT2D eigenvalue weighted by molar-refractivity contribution is 0.0922. The SMILES string of the molecule is Cn1nc(C(=O)CC2CCN(CC3CC3)CC2)c2ccc(NC3CCCCCCC3)nc21. The average molecular weight is 438 g/mol. The van der Waals surface area contributed by atoms with Crippen molar-refractivity contribution in [2.24, 2.45) is 18.9 Å². The predicted octanol–water partition coefficient (Wildman–Crippen LogP) is 5.19. The number of nitrogens with one attached hydrogen (secondary N) is 1. The van der Waals surface area contributed by atoms with Crippen molar-refractivity contribution in [2.75, 3.05) is 25.0 Å². The van der Waals surface area contributed by atoms with E-state index in [-0.39, 0.29) is 5.78 Å². The van der Waals surface area contributed by atoms with Gasteiger partial charge in [0.25, 0.3) is 0 Å². The molecule has 0 radical (unpaired) electrons. The van der Waals surface area contributed by atoms with Gasteiger partial charge in [0.2, 0.25) is 0 Å². The molecule has 174 valence electrons. The second-order valence-corrected chi connectivity index (χ2v) is 10.5. The number of hydrogen-bond acceptors (Lipinski definition) is 5. The largest absolute Gasteiger partial charge is 0.367 e. The maximum absolute atomic E-state index is 13.1. The summed E-state index contributed by atoms with van der Waals surface area (Å²) in [5, 5.41) is 9.15. The number of likely N-dealkylation sites (tertiary alicyclic amines) is 1. The van der Waals surface area contributed by atoms with Gasteiger partial charge in [0.15, 0.2) is 11.4 Å². The molecule has 1 N–H and O–H groups in total. The van der Waals surface area contributed by atoms with E-state index in [1.807, 2.05) is 19.2 Å². The van der Waals surface area contributed by atoms with Crippen molar-refractivity contribution in [3.63, 3.8) is 0 Å². The lowest BCUT2D eigenvalue weighted by atomic mass is 9.90. The highest BCUT2D eigenvalue weighted by atomic mass is 16.1. The molecule has 6 nitrogen and oxygen atoms in total. The molecule has 0 spiro atoms. The molecule has 0 aromatic carbocycles. The normalized spacial score (nSPS) is 22.0. The summed E-state index contributed by atoms with van der Waals surface area (Å²) in [4.78, 5) is 20.6. The number of aromatic nitrogens is 3. The zero-order chi connectivity index (χ0) is 21.9. The molecule has 2 aromatic heterocycles. The molecule has 3 aliphatic rings. The second-order valence-electron chi connectivity index (χ2n) is 10.5. The first-order valence-electron chi connectivity index (χ1n) is 13.0. The van der Waals surface area contributed by atoms with E-state index in [1.54, 1.807) is 4.68 Å². The maximum atomic E-state index is 13.1. The van der Waals surface area contributed by atoms with E-state index in [0.717, 1.165) is 48.7 Å². The molecule has 0 unspecified atom stereocenters. The molecule has 6 heteroatoms. The number of anilines is 1. The summed E-state index contributed by atoms with van der Waals surface area (Å²) in [6.45, 7) is 3.57. The van der Waals surface area contributed by atoms with Gasteiger partial charge >= 0.3 is 0 Å². The van der Waals surface area contributed by atoms with E-state index in [9.17, 15) is 4.79 Å². The Morgan fingerprint density at radius 2 is 1.69 bits per heavy atom. The van der Waals surface area contributed by atoms with Crippen molar-refractivity contribution in [1.82, 2.24) is 19.7 Å². The minimum atomic E-state index is 0.179. The van der Waals surface area contributed by atoms with E-state index >= 15 is 0 Å². The zero-order valence-electron chi connectivity index (χ0n) is 19.7. The fraction of sp³-hybridized carbons (Fsp3) is 0.731. The standard InChI is InChI=1S/C26H39N5O/c1-30-26-22(11-12-24(28-26)27-21-7-5-3-2-4-6-8-21)25(29-30)23(32)17-19-13-15-31(16-14-19)18-20-9-10-20/h11-12,19-21H,2-10,13-18H2,1H3,(H,27,28). The molecule has 3 heterocycles. The lowest BCUT2D eigenvalue weighted by Gasteiger charge is -2.31. The molecular weight excluding hydrogens is 398 g/mol. The smallest absolute Gasteiger partial charge is 0.184 e. The Bertz CT molecular complexity index is 918. The first-order valence-corrected chi connectivity index (χ1v) is 13.0. The van der Waals surface area contributed by atoms with Crippen LogP contribution in [0.25, 0.3) is 11.0 Å². The highest BCUT2D eigenvalue weighted by Gasteiger charge is 2.28. The van der Waals surface area contributed by atoms with Crippen LogP contribution >= 0.6 is 0 Å². The number of Topliss-reactive ketones (excluding diaryl/α,β-unsaturated/α-hetero) is 1. The van der Waals surface area contributed by atoms with E-state index in [2.05, 4.69) is 15.3 Å². The first-order chi connectivity index (χ1) is 15.7. The molecule has 1 saturated heterocycles. The molecule has 2 aromatic rings. The Morgan fingerprint density at radius 1 is 0.969 bits per heavy atom. The van der Waals surface area contributed by atoms with Crippen LogP contribution in [0.5, 0.6) is 0 Å². The Labute approximate surface area is 192 Å². The molecule has 2 aliphatic carbocycles. The van der Waals surface area contributed by atoms with Crippen LogP contribution in [0.15, 0.2) is 12.1 Å². The van der Waals surface area contributed by atoms with Gasteiger partial charge in [-0.3, -0.25) is 4.79 Å². The Morgan fingerprint density at radius 3 is 2.41 bits per heavy atom. The highest BCUT2D eigenvalue weighted by molar-refractivity contribution is 6.05. The van der Waals surface area contributed by atoms with Crippen molar-refractivity contribution >= 4 is 22.6 Å². The molecule has 5 rings (SSSR count). The summed E-state index contributed by atoms with van der Waals surface area (Å²) in [7, 11) is 1.90.